The first-order chi connectivity index (χ1) is 12.5. The number of benzene rings is 2. The van der Waals surface area contributed by atoms with Crippen LogP contribution in [0.5, 0.6) is 0 Å². The Kier molecular flexibility index (Phi) is 4.29. The van der Waals surface area contributed by atoms with Crippen molar-refractivity contribution in [2.75, 3.05) is 13.1 Å². The lowest BCUT2D eigenvalue weighted by atomic mass is 9.87. The van der Waals surface area contributed by atoms with Crippen molar-refractivity contribution in [3.8, 4) is 0 Å². The summed E-state index contributed by atoms with van der Waals surface area (Å²) in [4.78, 5) is 14.7. The van der Waals surface area contributed by atoms with E-state index in [9.17, 15) is 13.6 Å². The van der Waals surface area contributed by atoms with Crippen LogP contribution in [0.25, 0.3) is 0 Å². The van der Waals surface area contributed by atoms with Gasteiger partial charge in [0.15, 0.2) is 0 Å². The summed E-state index contributed by atoms with van der Waals surface area (Å²) >= 11 is 0. The van der Waals surface area contributed by atoms with Gasteiger partial charge in [0.25, 0.3) is 5.92 Å². The molecule has 26 heavy (non-hydrogen) atoms. The lowest BCUT2D eigenvalue weighted by Gasteiger charge is -2.33. The number of halogens is 2. The quantitative estimate of drug-likeness (QED) is 0.767. The number of nitrogens with zero attached hydrogens (tertiary/aromatic N) is 1. The minimum absolute atomic E-state index is 0.00130. The maximum absolute atomic E-state index is 13.6. The van der Waals surface area contributed by atoms with E-state index in [0.717, 1.165) is 11.1 Å². The van der Waals surface area contributed by atoms with Gasteiger partial charge in [-0.05, 0) is 24.0 Å². The molecule has 1 heterocycles. The standard InChI is InChI=1S/C22H23F2NO/c23-22(24)16-21(22)11-13-25(14-12-21)20(26)15-19(17-7-3-1-4-8-17)18-9-5-2-6-10-18/h1-10,19H,11-16H2. The first-order valence-corrected chi connectivity index (χ1v) is 9.26. The van der Waals surface area contributed by atoms with Gasteiger partial charge in [0.2, 0.25) is 5.91 Å². The van der Waals surface area contributed by atoms with Crippen LogP contribution in [0.1, 0.15) is 42.7 Å². The third-order valence-corrected chi connectivity index (χ3v) is 6.07. The molecule has 2 nitrogen and oxygen atoms in total. The highest BCUT2D eigenvalue weighted by atomic mass is 19.3. The molecular weight excluding hydrogens is 332 g/mol. The largest absolute Gasteiger partial charge is 0.343 e. The van der Waals surface area contributed by atoms with Crippen molar-refractivity contribution in [3.63, 3.8) is 0 Å². The van der Waals surface area contributed by atoms with E-state index in [1.54, 1.807) is 4.90 Å². The Bertz CT molecular complexity index is 728. The minimum atomic E-state index is -2.52. The highest BCUT2D eigenvalue weighted by Gasteiger charge is 2.70. The monoisotopic (exact) mass is 355 g/mol. The normalized spacial score (nSPS) is 20.3. The van der Waals surface area contributed by atoms with Crippen LogP contribution in [0, 0.1) is 5.41 Å². The second-order valence-electron chi connectivity index (χ2n) is 7.62. The van der Waals surface area contributed by atoms with E-state index in [0.29, 0.717) is 32.4 Å². The van der Waals surface area contributed by atoms with Crippen LogP contribution < -0.4 is 0 Å². The number of alkyl halides is 2. The Labute approximate surface area is 152 Å². The van der Waals surface area contributed by atoms with Crippen LogP contribution in [0.3, 0.4) is 0 Å². The molecule has 2 aromatic carbocycles. The first-order valence-electron chi connectivity index (χ1n) is 9.26. The Morgan fingerprint density at radius 2 is 1.38 bits per heavy atom. The van der Waals surface area contributed by atoms with Crippen LogP contribution in [-0.4, -0.2) is 29.8 Å². The molecule has 0 atom stereocenters. The number of hydrogen-bond acceptors (Lipinski definition) is 1. The van der Waals surface area contributed by atoms with E-state index in [1.165, 1.54) is 0 Å². The van der Waals surface area contributed by atoms with E-state index < -0.39 is 11.3 Å². The second kappa shape index (κ2) is 6.49. The molecule has 2 aliphatic rings. The zero-order valence-corrected chi connectivity index (χ0v) is 14.7. The maximum Gasteiger partial charge on any atom is 0.254 e. The van der Waals surface area contributed by atoms with Gasteiger partial charge >= 0.3 is 0 Å². The van der Waals surface area contributed by atoms with Crippen molar-refractivity contribution in [1.29, 1.82) is 0 Å². The number of rotatable bonds is 4. The van der Waals surface area contributed by atoms with Gasteiger partial charge in [-0.2, -0.15) is 0 Å². The van der Waals surface area contributed by atoms with Gasteiger partial charge in [0.1, 0.15) is 0 Å². The van der Waals surface area contributed by atoms with Crippen molar-refractivity contribution in [1.82, 2.24) is 4.90 Å². The van der Waals surface area contributed by atoms with Gasteiger partial charge < -0.3 is 4.90 Å². The summed E-state index contributed by atoms with van der Waals surface area (Å²) in [6, 6.07) is 20.0. The predicted molar refractivity (Wildman–Crippen MR) is 97.2 cm³/mol. The molecular formula is C22H23F2NO. The fourth-order valence-electron chi connectivity index (χ4n) is 4.21. The van der Waals surface area contributed by atoms with E-state index in [1.807, 2.05) is 60.7 Å². The molecule has 0 aromatic heterocycles. The van der Waals surface area contributed by atoms with Crippen LogP contribution >= 0.6 is 0 Å². The summed E-state index contributed by atoms with van der Waals surface area (Å²) in [5.74, 6) is -2.47. The molecule has 0 unspecified atom stereocenters. The van der Waals surface area contributed by atoms with E-state index in [4.69, 9.17) is 0 Å². The number of likely N-dealkylation sites (tertiary alicyclic amines) is 1. The zero-order chi connectivity index (χ0) is 18.2. The summed E-state index contributed by atoms with van der Waals surface area (Å²) < 4.78 is 27.1. The molecule has 2 fully saturated rings. The number of piperidine rings is 1. The van der Waals surface area contributed by atoms with E-state index >= 15 is 0 Å². The molecule has 1 spiro atoms. The Morgan fingerprint density at radius 1 is 0.923 bits per heavy atom. The molecule has 136 valence electrons. The first kappa shape index (κ1) is 17.2. The molecule has 0 N–H and O–H groups in total. The second-order valence-corrected chi connectivity index (χ2v) is 7.62. The van der Waals surface area contributed by atoms with Crippen molar-refractivity contribution in [2.24, 2.45) is 5.41 Å². The third-order valence-electron chi connectivity index (χ3n) is 6.07. The number of amides is 1. The molecule has 1 amide bonds. The van der Waals surface area contributed by atoms with Crippen LogP contribution in [0.2, 0.25) is 0 Å². The summed E-state index contributed by atoms with van der Waals surface area (Å²) in [6.45, 7) is 0.898. The number of hydrogen-bond donors (Lipinski definition) is 0. The topological polar surface area (TPSA) is 20.3 Å². The molecule has 1 aliphatic heterocycles. The van der Waals surface area contributed by atoms with E-state index in [-0.39, 0.29) is 18.2 Å². The van der Waals surface area contributed by atoms with Crippen LogP contribution in [-0.2, 0) is 4.79 Å². The van der Waals surface area contributed by atoms with Gasteiger partial charge in [-0.3, -0.25) is 4.79 Å². The predicted octanol–water partition coefficient (Wildman–Crippen LogP) is 4.86. The SMILES string of the molecule is O=C(CC(c1ccccc1)c1ccccc1)N1CCC2(CC1)CC2(F)F. The van der Waals surface area contributed by atoms with Gasteiger partial charge in [-0.15, -0.1) is 0 Å². The van der Waals surface area contributed by atoms with Crippen molar-refractivity contribution in [3.05, 3.63) is 71.8 Å². The fraction of sp³-hybridized carbons (Fsp3) is 0.409. The van der Waals surface area contributed by atoms with Gasteiger partial charge in [0, 0.05) is 37.3 Å². The molecule has 2 aromatic rings. The Balaban J connectivity index is 1.47. The third kappa shape index (κ3) is 3.13. The molecule has 1 aliphatic carbocycles. The Hall–Kier alpha value is -2.23. The molecule has 4 rings (SSSR count). The van der Waals surface area contributed by atoms with Crippen LogP contribution in [0.4, 0.5) is 8.78 Å². The smallest absolute Gasteiger partial charge is 0.254 e. The number of carbonyl (C=O) groups is 1. The molecule has 4 heteroatoms. The van der Waals surface area contributed by atoms with Crippen molar-refractivity contribution >= 4 is 5.91 Å². The summed E-state index contributed by atoms with van der Waals surface area (Å²) in [5, 5.41) is 0. The lowest BCUT2D eigenvalue weighted by Crippen LogP contribution is -2.41. The summed E-state index contributed by atoms with van der Waals surface area (Å²) in [6.07, 6.45) is 1.22. The highest BCUT2D eigenvalue weighted by Crippen LogP contribution is 2.65. The molecule has 0 bridgehead atoms. The van der Waals surface area contributed by atoms with Crippen molar-refractivity contribution < 1.29 is 13.6 Å². The molecule has 1 saturated carbocycles. The average Bonchev–Trinajstić information content (AvgIpc) is 3.20. The minimum Gasteiger partial charge on any atom is -0.343 e. The van der Waals surface area contributed by atoms with Crippen LogP contribution in [0.15, 0.2) is 60.7 Å². The van der Waals surface area contributed by atoms with Gasteiger partial charge in [0.05, 0.1) is 0 Å². The Morgan fingerprint density at radius 3 is 1.81 bits per heavy atom. The fourth-order valence-corrected chi connectivity index (χ4v) is 4.21. The number of carbonyl (C=O) groups excluding carboxylic acids is 1. The van der Waals surface area contributed by atoms with E-state index in [2.05, 4.69) is 0 Å². The molecule has 0 radical (unpaired) electrons. The van der Waals surface area contributed by atoms with Gasteiger partial charge in [-0.25, -0.2) is 8.78 Å². The summed E-state index contributed by atoms with van der Waals surface area (Å²) in [5.41, 5.74) is 1.39. The zero-order valence-electron chi connectivity index (χ0n) is 14.7. The summed E-state index contributed by atoms with van der Waals surface area (Å²) in [7, 11) is 0. The average molecular weight is 355 g/mol. The molecule has 1 saturated heterocycles. The highest BCUT2D eigenvalue weighted by molar-refractivity contribution is 5.78. The van der Waals surface area contributed by atoms with Crippen molar-refractivity contribution in [2.45, 2.75) is 37.5 Å². The lowest BCUT2D eigenvalue weighted by molar-refractivity contribution is -0.133. The maximum atomic E-state index is 13.6. The van der Waals surface area contributed by atoms with Gasteiger partial charge in [-0.1, -0.05) is 60.7 Å².